The van der Waals surface area contributed by atoms with Gasteiger partial charge in [-0.25, -0.2) is 0 Å². The summed E-state index contributed by atoms with van der Waals surface area (Å²) < 4.78 is 0. The van der Waals surface area contributed by atoms with Crippen molar-refractivity contribution >= 4 is 0 Å². The number of nitrogens with zero attached hydrogens (tertiary/aromatic N) is 1. The van der Waals surface area contributed by atoms with Crippen molar-refractivity contribution in [3.63, 3.8) is 0 Å². The van der Waals surface area contributed by atoms with Gasteiger partial charge in [0.15, 0.2) is 0 Å². The van der Waals surface area contributed by atoms with Crippen molar-refractivity contribution in [2.45, 2.75) is 65.1 Å². The summed E-state index contributed by atoms with van der Waals surface area (Å²) in [5.41, 5.74) is 3.59. The standard InChI is InChI=1S/C19H30N2/c1-16(2)20-14-19(10-6-3-7-11-19)15-21-12-17-8-4-5-9-18(17)13-21/h4-5,8-9,16,20H,3,6-7,10-15H2,1-2H3. The first-order chi connectivity index (χ1) is 10.2. The Hall–Kier alpha value is -0.860. The van der Waals surface area contributed by atoms with E-state index in [1.807, 2.05) is 0 Å². The second-order valence-electron chi connectivity index (χ2n) is 7.51. The zero-order valence-electron chi connectivity index (χ0n) is 13.7. The summed E-state index contributed by atoms with van der Waals surface area (Å²) in [6.45, 7) is 9.29. The highest BCUT2D eigenvalue weighted by Gasteiger charge is 2.35. The van der Waals surface area contributed by atoms with E-state index in [1.165, 1.54) is 45.2 Å². The Kier molecular flexibility index (Phi) is 4.66. The van der Waals surface area contributed by atoms with Crippen LogP contribution in [0.25, 0.3) is 0 Å². The number of fused-ring (bicyclic) bond motifs is 1. The van der Waals surface area contributed by atoms with E-state index in [0.29, 0.717) is 11.5 Å². The average molecular weight is 286 g/mol. The van der Waals surface area contributed by atoms with E-state index in [9.17, 15) is 0 Å². The molecule has 2 aliphatic rings. The quantitative estimate of drug-likeness (QED) is 0.881. The molecule has 1 aliphatic carbocycles. The average Bonchev–Trinajstić information content (AvgIpc) is 2.88. The highest BCUT2D eigenvalue weighted by molar-refractivity contribution is 5.30. The Morgan fingerprint density at radius 1 is 1.05 bits per heavy atom. The molecular formula is C19H30N2. The van der Waals surface area contributed by atoms with Gasteiger partial charge in [0, 0.05) is 32.2 Å². The molecule has 1 aromatic rings. The predicted octanol–water partition coefficient (Wildman–Crippen LogP) is 3.95. The van der Waals surface area contributed by atoms with Crippen molar-refractivity contribution in [1.29, 1.82) is 0 Å². The topological polar surface area (TPSA) is 15.3 Å². The summed E-state index contributed by atoms with van der Waals surface area (Å²) in [4.78, 5) is 2.68. The lowest BCUT2D eigenvalue weighted by atomic mass is 9.73. The Morgan fingerprint density at radius 3 is 2.24 bits per heavy atom. The van der Waals surface area contributed by atoms with E-state index in [1.54, 1.807) is 11.1 Å². The van der Waals surface area contributed by atoms with Crippen LogP contribution in [-0.2, 0) is 13.1 Å². The fraction of sp³-hybridized carbons (Fsp3) is 0.684. The molecule has 0 spiro atoms. The number of benzene rings is 1. The van der Waals surface area contributed by atoms with Crippen LogP contribution in [0.2, 0.25) is 0 Å². The third-order valence-electron chi connectivity index (χ3n) is 5.26. The zero-order valence-corrected chi connectivity index (χ0v) is 13.7. The van der Waals surface area contributed by atoms with Crippen molar-refractivity contribution in [2.24, 2.45) is 5.41 Å². The molecule has 1 aromatic carbocycles. The lowest BCUT2D eigenvalue weighted by molar-refractivity contribution is 0.0987. The molecule has 0 aromatic heterocycles. The third kappa shape index (κ3) is 3.67. The molecule has 0 saturated heterocycles. The van der Waals surface area contributed by atoms with E-state index in [-0.39, 0.29) is 0 Å². The van der Waals surface area contributed by atoms with Gasteiger partial charge >= 0.3 is 0 Å². The van der Waals surface area contributed by atoms with Crippen LogP contribution in [0.15, 0.2) is 24.3 Å². The molecule has 1 heterocycles. The molecule has 1 N–H and O–H groups in total. The molecule has 0 atom stereocenters. The molecule has 2 heteroatoms. The van der Waals surface area contributed by atoms with Gasteiger partial charge in [0.1, 0.15) is 0 Å². The van der Waals surface area contributed by atoms with Crippen molar-refractivity contribution in [2.75, 3.05) is 13.1 Å². The van der Waals surface area contributed by atoms with Crippen LogP contribution in [0.4, 0.5) is 0 Å². The van der Waals surface area contributed by atoms with E-state index in [0.717, 1.165) is 13.1 Å². The fourth-order valence-electron chi connectivity index (χ4n) is 4.10. The first kappa shape index (κ1) is 15.1. The van der Waals surface area contributed by atoms with E-state index >= 15 is 0 Å². The highest BCUT2D eigenvalue weighted by Crippen LogP contribution is 2.38. The van der Waals surface area contributed by atoms with Crippen molar-refractivity contribution < 1.29 is 0 Å². The van der Waals surface area contributed by atoms with Gasteiger partial charge in [-0.3, -0.25) is 4.90 Å². The number of hydrogen-bond acceptors (Lipinski definition) is 2. The zero-order chi connectivity index (χ0) is 14.7. The van der Waals surface area contributed by atoms with Crippen LogP contribution in [0.3, 0.4) is 0 Å². The highest BCUT2D eigenvalue weighted by atomic mass is 15.2. The predicted molar refractivity (Wildman–Crippen MR) is 89.2 cm³/mol. The maximum atomic E-state index is 3.72. The van der Waals surface area contributed by atoms with Gasteiger partial charge in [-0.15, -0.1) is 0 Å². The molecule has 0 radical (unpaired) electrons. The van der Waals surface area contributed by atoms with Gasteiger partial charge < -0.3 is 5.32 Å². The molecule has 0 bridgehead atoms. The molecule has 1 fully saturated rings. The SMILES string of the molecule is CC(C)NCC1(CN2Cc3ccccc3C2)CCCCC1. The maximum absolute atomic E-state index is 3.72. The van der Waals surface area contributed by atoms with Crippen LogP contribution in [0.5, 0.6) is 0 Å². The molecule has 21 heavy (non-hydrogen) atoms. The Balaban J connectivity index is 1.65. The number of rotatable bonds is 5. The van der Waals surface area contributed by atoms with Crippen molar-refractivity contribution in [3.8, 4) is 0 Å². The second-order valence-corrected chi connectivity index (χ2v) is 7.51. The van der Waals surface area contributed by atoms with Crippen LogP contribution < -0.4 is 5.32 Å². The summed E-state index contributed by atoms with van der Waals surface area (Å²) >= 11 is 0. The second kappa shape index (κ2) is 6.50. The van der Waals surface area contributed by atoms with Crippen LogP contribution >= 0.6 is 0 Å². The maximum Gasteiger partial charge on any atom is 0.0240 e. The van der Waals surface area contributed by atoms with Gasteiger partial charge in [0.05, 0.1) is 0 Å². The molecule has 2 nitrogen and oxygen atoms in total. The van der Waals surface area contributed by atoms with E-state index in [2.05, 4.69) is 48.3 Å². The Bertz CT molecular complexity index is 435. The number of hydrogen-bond donors (Lipinski definition) is 1. The summed E-state index contributed by atoms with van der Waals surface area (Å²) in [6, 6.07) is 9.56. The monoisotopic (exact) mass is 286 g/mol. The van der Waals surface area contributed by atoms with Crippen LogP contribution in [-0.4, -0.2) is 24.0 Å². The number of nitrogens with one attached hydrogen (secondary N) is 1. The van der Waals surface area contributed by atoms with Gasteiger partial charge in [-0.2, -0.15) is 0 Å². The van der Waals surface area contributed by atoms with E-state index in [4.69, 9.17) is 0 Å². The minimum absolute atomic E-state index is 0.505. The molecule has 116 valence electrons. The molecule has 1 aliphatic heterocycles. The van der Waals surface area contributed by atoms with Gasteiger partial charge in [0.2, 0.25) is 0 Å². The lowest BCUT2D eigenvalue weighted by Gasteiger charge is -2.41. The molecule has 0 unspecified atom stereocenters. The lowest BCUT2D eigenvalue weighted by Crippen LogP contribution is -2.45. The van der Waals surface area contributed by atoms with Crippen molar-refractivity contribution in [1.82, 2.24) is 10.2 Å². The Morgan fingerprint density at radius 2 is 1.67 bits per heavy atom. The fourth-order valence-corrected chi connectivity index (χ4v) is 4.10. The largest absolute Gasteiger partial charge is 0.314 e. The van der Waals surface area contributed by atoms with Crippen LogP contribution in [0, 0.1) is 5.41 Å². The summed E-state index contributed by atoms with van der Waals surface area (Å²) in [7, 11) is 0. The molecule has 3 rings (SSSR count). The van der Waals surface area contributed by atoms with E-state index < -0.39 is 0 Å². The minimum atomic E-state index is 0.505. The molecular weight excluding hydrogens is 256 g/mol. The van der Waals surface area contributed by atoms with Crippen molar-refractivity contribution in [3.05, 3.63) is 35.4 Å². The normalized spacial score (nSPS) is 21.7. The summed E-state index contributed by atoms with van der Waals surface area (Å²) in [5.74, 6) is 0. The minimum Gasteiger partial charge on any atom is -0.314 e. The van der Waals surface area contributed by atoms with Gasteiger partial charge in [-0.05, 0) is 29.4 Å². The smallest absolute Gasteiger partial charge is 0.0240 e. The van der Waals surface area contributed by atoms with Crippen LogP contribution in [0.1, 0.15) is 57.1 Å². The summed E-state index contributed by atoms with van der Waals surface area (Å²) in [5, 5.41) is 3.72. The van der Waals surface area contributed by atoms with Gasteiger partial charge in [-0.1, -0.05) is 57.4 Å². The molecule has 1 saturated carbocycles. The van der Waals surface area contributed by atoms with Gasteiger partial charge in [0.25, 0.3) is 0 Å². The Labute approximate surface area is 129 Å². The first-order valence-corrected chi connectivity index (χ1v) is 8.69. The third-order valence-corrected chi connectivity index (χ3v) is 5.26. The molecule has 0 amide bonds. The first-order valence-electron chi connectivity index (χ1n) is 8.69. The summed E-state index contributed by atoms with van der Waals surface area (Å²) in [6.07, 6.45) is 7.07.